The minimum atomic E-state index is -0.522. The summed E-state index contributed by atoms with van der Waals surface area (Å²) in [7, 11) is 0. The maximum Gasteiger partial charge on any atom is 0.270 e. The Bertz CT molecular complexity index is 743. The number of benzene rings is 1. The molecule has 1 fully saturated rings. The van der Waals surface area contributed by atoms with Gasteiger partial charge in [0.05, 0.1) is 15.5 Å². The third kappa shape index (κ3) is 3.75. The van der Waals surface area contributed by atoms with Crippen LogP contribution in [0.2, 0.25) is 5.02 Å². The number of hydrogen-bond donors (Lipinski definition) is 0. The van der Waals surface area contributed by atoms with E-state index in [0.29, 0.717) is 13.1 Å². The Kier molecular flexibility index (Phi) is 5.13. The highest BCUT2D eigenvalue weighted by atomic mass is 35.5. The van der Waals surface area contributed by atoms with Crippen LogP contribution in [0.25, 0.3) is 0 Å². The van der Waals surface area contributed by atoms with Crippen LogP contribution in [0.1, 0.15) is 15.9 Å². The van der Waals surface area contributed by atoms with Crippen molar-refractivity contribution in [2.45, 2.75) is 6.54 Å². The first kappa shape index (κ1) is 16.9. The highest BCUT2D eigenvalue weighted by Gasteiger charge is 2.25. The molecule has 0 aliphatic carbocycles. The summed E-state index contributed by atoms with van der Waals surface area (Å²) in [5, 5.41) is 15.3. The molecule has 0 bridgehead atoms. The van der Waals surface area contributed by atoms with E-state index in [1.807, 2.05) is 0 Å². The van der Waals surface area contributed by atoms with E-state index in [0.717, 1.165) is 19.6 Å². The molecule has 0 saturated carbocycles. The van der Waals surface area contributed by atoms with Crippen molar-refractivity contribution in [3.8, 4) is 0 Å². The van der Waals surface area contributed by atoms with Gasteiger partial charge in [0.15, 0.2) is 0 Å². The van der Waals surface area contributed by atoms with E-state index in [1.54, 1.807) is 16.2 Å². The average molecular weight is 366 g/mol. The molecule has 2 aromatic rings. The van der Waals surface area contributed by atoms with Gasteiger partial charge in [-0.2, -0.15) is 11.3 Å². The van der Waals surface area contributed by atoms with Gasteiger partial charge >= 0.3 is 0 Å². The van der Waals surface area contributed by atoms with Gasteiger partial charge in [-0.3, -0.25) is 19.8 Å². The number of carbonyl (C=O) groups is 1. The Morgan fingerprint density at radius 3 is 2.62 bits per heavy atom. The number of halogens is 1. The number of rotatable bonds is 4. The van der Waals surface area contributed by atoms with Crippen molar-refractivity contribution in [3.05, 3.63) is 61.3 Å². The van der Waals surface area contributed by atoms with Gasteiger partial charge in [0.25, 0.3) is 11.6 Å². The van der Waals surface area contributed by atoms with Crippen molar-refractivity contribution in [2.24, 2.45) is 0 Å². The second-order valence-electron chi connectivity index (χ2n) is 5.62. The molecule has 1 amide bonds. The van der Waals surface area contributed by atoms with Crippen LogP contribution in [-0.4, -0.2) is 46.8 Å². The van der Waals surface area contributed by atoms with E-state index in [2.05, 4.69) is 21.7 Å². The number of nitro groups is 1. The molecule has 1 saturated heterocycles. The zero-order valence-electron chi connectivity index (χ0n) is 12.9. The number of nitrogens with zero attached hydrogens (tertiary/aromatic N) is 3. The first-order chi connectivity index (χ1) is 11.5. The lowest BCUT2D eigenvalue weighted by Crippen LogP contribution is -2.48. The molecular formula is C16H16ClN3O3S. The minimum absolute atomic E-state index is 0.126. The topological polar surface area (TPSA) is 66.7 Å². The Labute approximate surface area is 148 Å². The van der Waals surface area contributed by atoms with Gasteiger partial charge in [-0.25, -0.2) is 0 Å². The van der Waals surface area contributed by atoms with Gasteiger partial charge in [0.1, 0.15) is 0 Å². The quantitative estimate of drug-likeness (QED) is 0.616. The molecular weight excluding hydrogens is 350 g/mol. The number of non-ortho nitro benzene ring substituents is 1. The molecule has 0 atom stereocenters. The highest BCUT2D eigenvalue weighted by Crippen LogP contribution is 2.24. The third-order valence-electron chi connectivity index (χ3n) is 4.04. The average Bonchev–Trinajstić information content (AvgIpc) is 3.08. The molecule has 126 valence electrons. The molecule has 0 unspecified atom stereocenters. The zero-order chi connectivity index (χ0) is 17.1. The standard InChI is InChI=1S/C16H16ClN3O3S/c17-15-2-1-13(20(22)23)9-14(15)16(21)19-6-4-18(5-7-19)10-12-3-8-24-11-12/h1-3,8-9,11H,4-7,10H2. The fourth-order valence-electron chi connectivity index (χ4n) is 2.71. The summed E-state index contributed by atoms with van der Waals surface area (Å²) < 4.78 is 0. The maximum atomic E-state index is 12.6. The monoisotopic (exact) mass is 365 g/mol. The van der Waals surface area contributed by atoms with Crippen LogP contribution in [0.3, 0.4) is 0 Å². The van der Waals surface area contributed by atoms with Crippen molar-refractivity contribution >= 4 is 34.5 Å². The van der Waals surface area contributed by atoms with E-state index in [1.165, 1.54) is 23.8 Å². The van der Waals surface area contributed by atoms with E-state index in [4.69, 9.17) is 11.6 Å². The number of amides is 1. The van der Waals surface area contributed by atoms with Crippen molar-refractivity contribution in [1.82, 2.24) is 9.80 Å². The van der Waals surface area contributed by atoms with E-state index in [-0.39, 0.29) is 22.2 Å². The maximum absolute atomic E-state index is 12.6. The Morgan fingerprint density at radius 1 is 1.25 bits per heavy atom. The molecule has 0 spiro atoms. The van der Waals surface area contributed by atoms with Crippen molar-refractivity contribution < 1.29 is 9.72 Å². The second kappa shape index (κ2) is 7.29. The van der Waals surface area contributed by atoms with E-state index < -0.39 is 4.92 Å². The van der Waals surface area contributed by atoms with Gasteiger partial charge in [0, 0.05) is 44.9 Å². The number of piperazine rings is 1. The number of hydrogen-bond acceptors (Lipinski definition) is 5. The van der Waals surface area contributed by atoms with Crippen LogP contribution in [0.15, 0.2) is 35.0 Å². The molecule has 24 heavy (non-hydrogen) atoms. The SMILES string of the molecule is O=C(c1cc([N+](=O)[O-])ccc1Cl)N1CCN(Cc2ccsc2)CC1. The van der Waals surface area contributed by atoms with Crippen molar-refractivity contribution in [1.29, 1.82) is 0 Å². The normalized spacial score (nSPS) is 15.5. The fraction of sp³-hybridized carbons (Fsp3) is 0.312. The summed E-state index contributed by atoms with van der Waals surface area (Å²) in [5.41, 5.74) is 1.34. The number of nitro benzene ring substituents is 1. The summed E-state index contributed by atoms with van der Waals surface area (Å²) in [6.07, 6.45) is 0. The molecule has 1 aromatic carbocycles. The molecule has 6 nitrogen and oxygen atoms in total. The van der Waals surface area contributed by atoms with Gasteiger partial charge < -0.3 is 4.90 Å². The summed E-state index contributed by atoms with van der Waals surface area (Å²) in [4.78, 5) is 27.0. The summed E-state index contributed by atoms with van der Waals surface area (Å²) in [6.45, 7) is 3.59. The smallest absolute Gasteiger partial charge is 0.270 e. The molecule has 0 radical (unpaired) electrons. The summed E-state index contributed by atoms with van der Waals surface area (Å²) in [5.74, 6) is -0.251. The largest absolute Gasteiger partial charge is 0.336 e. The third-order valence-corrected chi connectivity index (χ3v) is 5.10. The lowest BCUT2D eigenvalue weighted by molar-refractivity contribution is -0.384. The van der Waals surface area contributed by atoms with Crippen LogP contribution >= 0.6 is 22.9 Å². The fourth-order valence-corrected chi connectivity index (χ4v) is 3.57. The first-order valence-electron chi connectivity index (χ1n) is 7.51. The summed E-state index contributed by atoms with van der Waals surface area (Å²) in [6, 6.07) is 6.06. The van der Waals surface area contributed by atoms with Crippen LogP contribution in [0, 0.1) is 10.1 Å². The van der Waals surface area contributed by atoms with Crippen molar-refractivity contribution in [2.75, 3.05) is 26.2 Å². The van der Waals surface area contributed by atoms with Gasteiger partial charge in [-0.1, -0.05) is 11.6 Å². The van der Waals surface area contributed by atoms with Crippen LogP contribution < -0.4 is 0 Å². The zero-order valence-corrected chi connectivity index (χ0v) is 14.4. The molecule has 2 heterocycles. The van der Waals surface area contributed by atoms with Gasteiger partial charge in [-0.15, -0.1) is 0 Å². The molecule has 0 N–H and O–H groups in total. The van der Waals surface area contributed by atoms with E-state index in [9.17, 15) is 14.9 Å². The van der Waals surface area contributed by atoms with Crippen LogP contribution in [0.4, 0.5) is 5.69 Å². The number of carbonyl (C=O) groups excluding carboxylic acids is 1. The lowest BCUT2D eigenvalue weighted by Gasteiger charge is -2.34. The Balaban J connectivity index is 1.65. The predicted octanol–water partition coefficient (Wildman–Crippen LogP) is 3.27. The summed E-state index contributed by atoms with van der Waals surface area (Å²) >= 11 is 7.73. The van der Waals surface area contributed by atoms with Crippen molar-refractivity contribution in [3.63, 3.8) is 0 Å². The van der Waals surface area contributed by atoms with Gasteiger partial charge in [0.2, 0.25) is 0 Å². The molecule has 3 rings (SSSR count). The minimum Gasteiger partial charge on any atom is -0.336 e. The predicted molar refractivity (Wildman–Crippen MR) is 93.6 cm³/mol. The Hall–Kier alpha value is -1.96. The molecule has 8 heteroatoms. The second-order valence-corrected chi connectivity index (χ2v) is 6.81. The highest BCUT2D eigenvalue weighted by molar-refractivity contribution is 7.07. The number of thiophene rings is 1. The lowest BCUT2D eigenvalue weighted by atomic mass is 10.1. The molecule has 1 aliphatic rings. The molecule has 1 aromatic heterocycles. The Morgan fingerprint density at radius 2 is 2.00 bits per heavy atom. The first-order valence-corrected chi connectivity index (χ1v) is 8.83. The van der Waals surface area contributed by atoms with Gasteiger partial charge in [-0.05, 0) is 28.5 Å². The van der Waals surface area contributed by atoms with E-state index >= 15 is 0 Å². The molecule has 1 aliphatic heterocycles. The van der Waals surface area contributed by atoms with Crippen LogP contribution in [-0.2, 0) is 6.54 Å². The van der Waals surface area contributed by atoms with Crippen LogP contribution in [0.5, 0.6) is 0 Å².